The van der Waals surface area contributed by atoms with Crippen LogP contribution >= 0.6 is 0 Å². The third-order valence-corrected chi connectivity index (χ3v) is 4.70. The van der Waals surface area contributed by atoms with E-state index in [9.17, 15) is 14.9 Å². The summed E-state index contributed by atoms with van der Waals surface area (Å²) >= 11 is 0. The quantitative estimate of drug-likeness (QED) is 0.585. The van der Waals surface area contributed by atoms with Crippen molar-refractivity contribution in [2.75, 3.05) is 10.7 Å². The Bertz CT molecular complexity index is 865. The Hall–Kier alpha value is -3.22. The molecule has 0 radical (unpaired) electrons. The Morgan fingerprint density at radius 1 is 1.19 bits per heavy atom. The highest BCUT2D eigenvalue weighted by molar-refractivity contribution is 6.05. The van der Waals surface area contributed by atoms with Gasteiger partial charge in [0.2, 0.25) is 0 Å². The van der Waals surface area contributed by atoms with Crippen molar-refractivity contribution in [1.29, 1.82) is 0 Å². The van der Waals surface area contributed by atoms with Crippen LogP contribution in [0.1, 0.15) is 43.0 Å². The molecule has 0 saturated heterocycles. The zero-order valence-corrected chi connectivity index (χ0v) is 15.1. The molecule has 0 bridgehead atoms. The second-order valence-electron chi connectivity index (χ2n) is 6.67. The first-order valence-corrected chi connectivity index (χ1v) is 9.02. The molecule has 0 heterocycles. The molecule has 0 spiro atoms. The maximum absolute atomic E-state index is 12.4. The van der Waals surface area contributed by atoms with Crippen molar-refractivity contribution in [2.24, 2.45) is 11.0 Å². The van der Waals surface area contributed by atoms with E-state index in [1.165, 1.54) is 18.6 Å². The molecule has 1 aliphatic carbocycles. The molecule has 1 saturated carbocycles. The van der Waals surface area contributed by atoms with Crippen molar-refractivity contribution < 1.29 is 9.72 Å². The van der Waals surface area contributed by atoms with Crippen molar-refractivity contribution >= 4 is 28.7 Å². The summed E-state index contributed by atoms with van der Waals surface area (Å²) in [5, 5.41) is 18.6. The van der Waals surface area contributed by atoms with Gasteiger partial charge in [-0.05, 0) is 49.4 Å². The fourth-order valence-electron chi connectivity index (χ4n) is 3.11. The number of nitro benzene ring substituents is 1. The van der Waals surface area contributed by atoms with Crippen LogP contribution in [0.4, 0.5) is 17.1 Å². The van der Waals surface area contributed by atoms with E-state index >= 15 is 0 Å². The van der Waals surface area contributed by atoms with Crippen LogP contribution in [-0.2, 0) is 0 Å². The normalized spacial score (nSPS) is 18.1. The Morgan fingerprint density at radius 3 is 2.67 bits per heavy atom. The smallest absolute Gasteiger partial charge is 0.294 e. The van der Waals surface area contributed by atoms with Gasteiger partial charge in [0.25, 0.3) is 11.6 Å². The van der Waals surface area contributed by atoms with Crippen LogP contribution in [0.15, 0.2) is 53.6 Å². The van der Waals surface area contributed by atoms with E-state index in [1.807, 2.05) is 6.07 Å². The molecule has 0 aromatic heterocycles. The minimum absolute atomic E-state index is 0.177. The SMILES string of the molecule is CC1CCCCC1=NNc1ccc(C(=O)Nc2ccccc2)cc1[N+](=O)[O-]. The highest BCUT2D eigenvalue weighted by Crippen LogP contribution is 2.27. The Labute approximate surface area is 157 Å². The average Bonchev–Trinajstić information content (AvgIpc) is 2.68. The van der Waals surface area contributed by atoms with Crippen molar-refractivity contribution in [3.8, 4) is 0 Å². The maximum Gasteiger partial charge on any atom is 0.294 e. The number of benzene rings is 2. The number of amides is 1. The van der Waals surface area contributed by atoms with E-state index in [4.69, 9.17) is 0 Å². The first kappa shape index (κ1) is 18.6. The molecule has 1 fully saturated rings. The lowest BCUT2D eigenvalue weighted by atomic mass is 9.89. The number of para-hydroxylation sites is 1. The number of carbonyl (C=O) groups excluding carboxylic acids is 1. The van der Waals surface area contributed by atoms with E-state index in [2.05, 4.69) is 22.8 Å². The van der Waals surface area contributed by atoms with Gasteiger partial charge in [0.15, 0.2) is 0 Å². The predicted octanol–water partition coefficient (Wildman–Crippen LogP) is 4.83. The molecule has 0 aliphatic heterocycles. The van der Waals surface area contributed by atoms with Crippen molar-refractivity contribution in [2.45, 2.75) is 32.6 Å². The second-order valence-corrected chi connectivity index (χ2v) is 6.67. The van der Waals surface area contributed by atoms with Gasteiger partial charge in [-0.3, -0.25) is 20.3 Å². The molecule has 3 rings (SSSR count). The average molecular weight is 366 g/mol. The lowest BCUT2D eigenvalue weighted by Crippen LogP contribution is -2.17. The maximum atomic E-state index is 12.4. The van der Waals surface area contributed by atoms with Crippen LogP contribution in [0.2, 0.25) is 0 Å². The Balaban J connectivity index is 1.79. The molecular formula is C20H22N4O3. The van der Waals surface area contributed by atoms with Crippen molar-refractivity contribution in [1.82, 2.24) is 0 Å². The lowest BCUT2D eigenvalue weighted by Gasteiger charge is -2.20. The van der Waals surface area contributed by atoms with Gasteiger partial charge in [0.1, 0.15) is 5.69 Å². The molecule has 1 unspecified atom stereocenters. The fraction of sp³-hybridized carbons (Fsp3) is 0.300. The van der Waals surface area contributed by atoms with Crippen LogP contribution in [-0.4, -0.2) is 16.5 Å². The van der Waals surface area contributed by atoms with E-state index in [0.29, 0.717) is 11.6 Å². The number of carbonyl (C=O) groups is 1. The minimum Gasteiger partial charge on any atom is -0.322 e. The van der Waals surface area contributed by atoms with E-state index < -0.39 is 10.8 Å². The summed E-state index contributed by atoms with van der Waals surface area (Å²) in [7, 11) is 0. The van der Waals surface area contributed by atoms with Gasteiger partial charge < -0.3 is 5.32 Å². The highest BCUT2D eigenvalue weighted by atomic mass is 16.6. The first-order valence-electron chi connectivity index (χ1n) is 9.02. The fourth-order valence-corrected chi connectivity index (χ4v) is 3.11. The minimum atomic E-state index is -0.508. The van der Waals surface area contributed by atoms with Crippen LogP contribution in [0, 0.1) is 16.0 Å². The van der Waals surface area contributed by atoms with Gasteiger partial charge in [-0.15, -0.1) is 0 Å². The van der Waals surface area contributed by atoms with Gasteiger partial charge in [-0.1, -0.05) is 31.5 Å². The molecular weight excluding hydrogens is 344 g/mol. The number of nitro groups is 1. The summed E-state index contributed by atoms with van der Waals surface area (Å²) in [6, 6.07) is 13.3. The zero-order chi connectivity index (χ0) is 19.2. The molecule has 1 atom stereocenters. The van der Waals surface area contributed by atoms with Gasteiger partial charge in [0, 0.05) is 23.0 Å². The largest absolute Gasteiger partial charge is 0.322 e. The summed E-state index contributed by atoms with van der Waals surface area (Å²) in [5.74, 6) is -0.0238. The molecule has 140 valence electrons. The zero-order valence-electron chi connectivity index (χ0n) is 15.1. The predicted molar refractivity (Wildman–Crippen MR) is 106 cm³/mol. The summed E-state index contributed by atoms with van der Waals surface area (Å²) in [4.78, 5) is 23.3. The van der Waals surface area contributed by atoms with E-state index in [-0.39, 0.29) is 16.9 Å². The van der Waals surface area contributed by atoms with Gasteiger partial charge in [-0.25, -0.2) is 0 Å². The molecule has 1 aliphatic rings. The third kappa shape index (κ3) is 4.69. The Kier molecular flexibility index (Phi) is 5.80. The van der Waals surface area contributed by atoms with Gasteiger partial charge in [0.05, 0.1) is 4.92 Å². The molecule has 2 N–H and O–H groups in total. The standard InChI is InChI=1S/C20H22N4O3/c1-14-7-5-6-10-17(14)22-23-18-12-11-15(13-19(18)24(26)27)20(25)21-16-8-3-2-4-9-16/h2-4,8-9,11-14,23H,5-7,10H2,1H3,(H,21,25). The van der Waals surface area contributed by atoms with Crippen LogP contribution in [0.25, 0.3) is 0 Å². The van der Waals surface area contributed by atoms with Gasteiger partial charge in [-0.2, -0.15) is 5.10 Å². The number of nitrogens with zero attached hydrogens (tertiary/aromatic N) is 2. The topological polar surface area (TPSA) is 96.6 Å². The van der Waals surface area contributed by atoms with Crippen LogP contribution in [0.5, 0.6) is 0 Å². The van der Waals surface area contributed by atoms with Crippen molar-refractivity contribution in [3.05, 3.63) is 64.2 Å². The summed E-state index contributed by atoms with van der Waals surface area (Å²) in [6.07, 6.45) is 4.26. The van der Waals surface area contributed by atoms with Crippen LogP contribution in [0.3, 0.4) is 0 Å². The third-order valence-electron chi connectivity index (χ3n) is 4.70. The van der Waals surface area contributed by atoms with E-state index in [0.717, 1.165) is 25.0 Å². The first-order chi connectivity index (χ1) is 13.0. The number of nitrogens with one attached hydrogen (secondary N) is 2. The molecule has 2 aromatic rings. The number of hydrazone groups is 1. The number of rotatable bonds is 5. The summed E-state index contributed by atoms with van der Waals surface area (Å²) in [6.45, 7) is 2.12. The monoisotopic (exact) mass is 366 g/mol. The molecule has 1 amide bonds. The number of hydrogen-bond donors (Lipinski definition) is 2. The highest BCUT2D eigenvalue weighted by Gasteiger charge is 2.19. The number of hydrogen-bond acceptors (Lipinski definition) is 5. The van der Waals surface area contributed by atoms with Crippen LogP contribution < -0.4 is 10.7 Å². The van der Waals surface area contributed by atoms with Gasteiger partial charge >= 0.3 is 0 Å². The Morgan fingerprint density at radius 2 is 1.96 bits per heavy atom. The second kappa shape index (κ2) is 8.44. The number of anilines is 2. The summed E-state index contributed by atoms with van der Waals surface area (Å²) in [5.41, 5.74) is 4.80. The molecule has 27 heavy (non-hydrogen) atoms. The van der Waals surface area contributed by atoms with Crippen molar-refractivity contribution in [3.63, 3.8) is 0 Å². The molecule has 2 aromatic carbocycles. The summed E-state index contributed by atoms with van der Waals surface area (Å²) < 4.78 is 0. The molecule has 7 heteroatoms. The lowest BCUT2D eigenvalue weighted by molar-refractivity contribution is -0.384. The molecule has 7 nitrogen and oxygen atoms in total. The van der Waals surface area contributed by atoms with E-state index in [1.54, 1.807) is 30.3 Å².